The molecule has 4 heteroatoms. The summed E-state index contributed by atoms with van der Waals surface area (Å²) in [6.07, 6.45) is 5.33. The number of rotatable bonds is 4. The van der Waals surface area contributed by atoms with Crippen LogP contribution >= 0.6 is 0 Å². The van der Waals surface area contributed by atoms with Gasteiger partial charge in [0.1, 0.15) is 5.82 Å². The highest BCUT2D eigenvalue weighted by Crippen LogP contribution is 2.07. The molecular formula is C10H15N3O. The van der Waals surface area contributed by atoms with Crippen molar-refractivity contribution >= 4 is 5.82 Å². The largest absolute Gasteiger partial charge is 0.480 e. The Morgan fingerprint density at radius 3 is 2.93 bits per heavy atom. The van der Waals surface area contributed by atoms with E-state index < -0.39 is 0 Å². The molecule has 0 radical (unpaired) electrons. The van der Waals surface area contributed by atoms with Gasteiger partial charge in [-0.25, -0.2) is 0 Å². The van der Waals surface area contributed by atoms with E-state index in [1.807, 2.05) is 0 Å². The molecule has 1 aromatic rings. The average molecular weight is 193 g/mol. The van der Waals surface area contributed by atoms with Crippen molar-refractivity contribution in [2.24, 2.45) is 0 Å². The zero-order valence-corrected chi connectivity index (χ0v) is 8.74. The third-order valence-electron chi connectivity index (χ3n) is 1.62. The molecule has 0 unspecified atom stereocenters. The van der Waals surface area contributed by atoms with Crippen LogP contribution in [-0.4, -0.2) is 23.6 Å². The lowest BCUT2D eigenvalue weighted by Gasteiger charge is -2.03. The van der Waals surface area contributed by atoms with Crippen LogP contribution in [0, 0.1) is 0 Å². The highest BCUT2D eigenvalue weighted by Gasteiger charge is 1.95. The van der Waals surface area contributed by atoms with Gasteiger partial charge in [-0.1, -0.05) is 11.6 Å². The van der Waals surface area contributed by atoms with Crippen LogP contribution in [0.1, 0.15) is 13.8 Å². The summed E-state index contributed by atoms with van der Waals surface area (Å²) in [5, 5.41) is 3.12. The van der Waals surface area contributed by atoms with Gasteiger partial charge in [-0.3, -0.25) is 4.98 Å². The molecule has 14 heavy (non-hydrogen) atoms. The van der Waals surface area contributed by atoms with Gasteiger partial charge >= 0.3 is 0 Å². The van der Waals surface area contributed by atoms with E-state index in [4.69, 9.17) is 4.74 Å². The number of aromatic nitrogens is 2. The minimum atomic E-state index is 0.521. The van der Waals surface area contributed by atoms with Crippen LogP contribution in [-0.2, 0) is 0 Å². The molecule has 1 rings (SSSR count). The lowest BCUT2D eigenvalue weighted by atomic mass is 10.3. The Hall–Kier alpha value is -1.58. The molecule has 1 aromatic heterocycles. The second kappa shape index (κ2) is 5.21. The molecule has 0 bridgehead atoms. The molecule has 4 nitrogen and oxygen atoms in total. The summed E-state index contributed by atoms with van der Waals surface area (Å²) in [6, 6.07) is 0. The summed E-state index contributed by atoms with van der Waals surface area (Å²) in [6.45, 7) is 4.86. The molecule has 0 fully saturated rings. The van der Waals surface area contributed by atoms with Crippen molar-refractivity contribution in [3.63, 3.8) is 0 Å². The SMILES string of the molecule is COc1cncc(NCC=C(C)C)n1. The number of anilines is 1. The Morgan fingerprint density at radius 2 is 2.29 bits per heavy atom. The van der Waals surface area contributed by atoms with E-state index in [0.29, 0.717) is 5.88 Å². The molecule has 0 aliphatic heterocycles. The van der Waals surface area contributed by atoms with Gasteiger partial charge in [0.2, 0.25) is 5.88 Å². The van der Waals surface area contributed by atoms with Crippen molar-refractivity contribution in [2.75, 3.05) is 19.0 Å². The number of methoxy groups -OCH3 is 1. The topological polar surface area (TPSA) is 47.0 Å². The maximum Gasteiger partial charge on any atom is 0.233 e. The highest BCUT2D eigenvalue weighted by atomic mass is 16.5. The number of hydrogen-bond donors (Lipinski definition) is 1. The molecule has 0 aliphatic rings. The number of hydrogen-bond acceptors (Lipinski definition) is 4. The second-order valence-corrected chi connectivity index (χ2v) is 3.11. The molecule has 1 heterocycles. The number of nitrogens with one attached hydrogen (secondary N) is 1. The van der Waals surface area contributed by atoms with Gasteiger partial charge in [0, 0.05) is 6.54 Å². The van der Waals surface area contributed by atoms with Gasteiger partial charge in [-0.05, 0) is 13.8 Å². The van der Waals surface area contributed by atoms with E-state index in [1.165, 1.54) is 5.57 Å². The normalized spacial score (nSPS) is 9.36. The third-order valence-corrected chi connectivity index (χ3v) is 1.62. The Morgan fingerprint density at radius 1 is 1.50 bits per heavy atom. The van der Waals surface area contributed by atoms with E-state index >= 15 is 0 Å². The minimum Gasteiger partial charge on any atom is -0.480 e. The Bertz CT molecular complexity index is 319. The van der Waals surface area contributed by atoms with Gasteiger partial charge in [0.15, 0.2) is 0 Å². The van der Waals surface area contributed by atoms with Crippen LogP contribution in [0.3, 0.4) is 0 Å². The van der Waals surface area contributed by atoms with Crippen LogP contribution < -0.4 is 10.1 Å². The van der Waals surface area contributed by atoms with Crippen LogP contribution in [0.4, 0.5) is 5.82 Å². The fourth-order valence-electron chi connectivity index (χ4n) is 0.891. The molecule has 76 valence electrons. The lowest BCUT2D eigenvalue weighted by molar-refractivity contribution is 0.396. The molecule has 0 saturated heterocycles. The van der Waals surface area contributed by atoms with Crippen molar-refractivity contribution < 1.29 is 4.74 Å². The molecule has 1 N–H and O–H groups in total. The molecular weight excluding hydrogens is 178 g/mol. The highest BCUT2D eigenvalue weighted by molar-refractivity contribution is 5.34. The van der Waals surface area contributed by atoms with Crippen molar-refractivity contribution in [3.05, 3.63) is 24.0 Å². The summed E-state index contributed by atoms with van der Waals surface area (Å²) < 4.78 is 4.95. The van der Waals surface area contributed by atoms with E-state index in [1.54, 1.807) is 19.5 Å². The summed E-state index contributed by atoms with van der Waals surface area (Å²) >= 11 is 0. The van der Waals surface area contributed by atoms with Crippen LogP contribution in [0.2, 0.25) is 0 Å². The van der Waals surface area contributed by atoms with Gasteiger partial charge in [-0.15, -0.1) is 0 Å². The van der Waals surface area contributed by atoms with Crippen molar-refractivity contribution in [3.8, 4) is 5.88 Å². The zero-order valence-electron chi connectivity index (χ0n) is 8.74. The quantitative estimate of drug-likeness (QED) is 0.741. The predicted molar refractivity (Wildman–Crippen MR) is 56.5 cm³/mol. The fraction of sp³-hybridized carbons (Fsp3) is 0.400. The summed E-state index contributed by atoms with van der Waals surface area (Å²) in [5.74, 6) is 1.24. The molecule has 0 saturated carbocycles. The Balaban J connectivity index is 2.54. The van der Waals surface area contributed by atoms with E-state index in [-0.39, 0.29) is 0 Å². The monoisotopic (exact) mass is 193 g/mol. The zero-order chi connectivity index (χ0) is 10.4. The van der Waals surface area contributed by atoms with E-state index in [9.17, 15) is 0 Å². The smallest absolute Gasteiger partial charge is 0.233 e. The molecule has 0 spiro atoms. The Kier molecular flexibility index (Phi) is 3.91. The van der Waals surface area contributed by atoms with Crippen LogP contribution in [0.15, 0.2) is 24.0 Å². The minimum absolute atomic E-state index is 0.521. The Labute approximate surface area is 84.0 Å². The summed E-state index contributed by atoms with van der Waals surface area (Å²) in [4.78, 5) is 8.15. The molecule has 0 amide bonds. The first kappa shape index (κ1) is 10.5. The number of nitrogens with zero attached hydrogens (tertiary/aromatic N) is 2. The number of allylic oxidation sites excluding steroid dienone is 1. The first-order chi connectivity index (χ1) is 6.72. The molecule has 0 aliphatic carbocycles. The van der Waals surface area contributed by atoms with Crippen molar-refractivity contribution in [1.82, 2.24) is 9.97 Å². The van der Waals surface area contributed by atoms with Crippen molar-refractivity contribution in [2.45, 2.75) is 13.8 Å². The lowest BCUT2D eigenvalue weighted by Crippen LogP contribution is -2.02. The van der Waals surface area contributed by atoms with E-state index in [2.05, 4.69) is 35.2 Å². The number of ether oxygens (including phenoxy) is 1. The first-order valence-corrected chi connectivity index (χ1v) is 4.45. The third kappa shape index (κ3) is 3.43. The second-order valence-electron chi connectivity index (χ2n) is 3.11. The van der Waals surface area contributed by atoms with E-state index in [0.717, 1.165) is 12.4 Å². The maximum absolute atomic E-state index is 4.95. The van der Waals surface area contributed by atoms with Gasteiger partial charge < -0.3 is 10.1 Å². The maximum atomic E-state index is 4.95. The summed E-state index contributed by atoms with van der Waals surface area (Å²) in [7, 11) is 1.57. The van der Waals surface area contributed by atoms with Crippen LogP contribution in [0.5, 0.6) is 5.88 Å². The predicted octanol–water partition coefficient (Wildman–Crippen LogP) is 1.86. The standard InChI is InChI=1S/C10H15N3O/c1-8(2)4-5-12-9-6-11-7-10(13-9)14-3/h4,6-7H,5H2,1-3H3,(H,12,13). The van der Waals surface area contributed by atoms with Gasteiger partial charge in [0.05, 0.1) is 19.5 Å². The van der Waals surface area contributed by atoms with Gasteiger partial charge in [0.25, 0.3) is 0 Å². The van der Waals surface area contributed by atoms with Crippen LogP contribution in [0.25, 0.3) is 0 Å². The average Bonchev–Trinajstić information content (AvgIpc) is 2.18. The fourth-order valence-corrected chi connectivity index (χ4v) is 0.891. The summed E-state index contributed by atoms with van der Waals surface area (Å²) in [5.41, 5.74) is 1.27. The molecule has 0 aromatic carbocycles. The van der Waals surface area contributed by atoms with Crippen molar-refractivity contribution in [1.29, 1.82) is 0 Å². The first-order valence-electron chi connectivity index (χ1n) is 4.45. The van der Waals surface area contributed by atoms with Gasteiger partial charge in [-0.2, -0.15) is 4.98 Å². The molecule has 0 atom stereocenters.